The third kappa shape index (κ3) is 5.20. The van der Waals surface area contributed by atoms with Crippen LogP contribution in [-0.4, -0.2) is 27.1 Å². The quantitative estimate of drug-likeness (QED) is 0.769. The highest BCUT2D eigenvalue weighted by molar-refractivity contribution is 7.89. The third-order valence-electron chi connectivity index (χ3n) is 3.68. The van der Waals surface area contributed by atoms with Gasteiger partial charge in [-0.15, -0.1) is 0 Å². The normalized spacial score (nSPS) is 11.2. The van der Waals surface area contributed by atoms with Crippen LogP contribution in [0.2, 0.25) is 0 Å². The molecule has 0 unspecified atom stereocenters. The van der Waals surface area contributed by atoms with Gasteiger partial charge in [-0.1, -0.05) is 43.7 Å². The van der Waals surface area contributed by atoms with Crippen molar-refractivity contribution in [3.8, 4) is 0 Å². The van der Waals surface area contributed by atoms with E-state index in [2.05, 4.69) is 6.92 Å². The molecule has 2 aromatic rings. The molecule has 0 saturated heterocycles. The van der Waals surface area contributed by atoms with E-state index in [9.17, 15) is 13.2 Å². The molecule has 0 aliphatic rings. The lowest BCUT2D eigenvalue weighted by Gasteiger charge is -2.23. The zero-order valence-corrected chi connectivity index (χ0v) is 14.9. The molecule has 5 heteroatoms. The highest BCUT2D eigenvalue weighted by atomic mass is 32.2. The lowest BCUT2D eigenvalue weighted by Crippen LogP contribution is -2.31. The molecule has 0 aliphatic carbocycles. The Morgan fingerprint density at radius 3 is 2.17 bits per heavy atom. The zero-order valence-electron chi connectivity index (χ0n) is 14.1. The van der Waals surface area contributed by atoms with Crippen LogP contribution in [0, 0.1) is 0 Å². The first kappa shape index (κ1) is 18.2. The number of benzene rings is 2. The monoisotopic (exact) mass is 345 g/mol. The summed E-state index contributed by atoms with van der Waals surface area (Å²) in [6.07, 6.45) is 3.13. The number of unbranched alkanes of at least 4 members (excludes halogenated alkanes) is 1. The summed E-state index contributed by atoms with van der Waals surface area (Å²) in [5, 5.41) is 0. The van der Waals surface area contributed by atoms with E-state index in [1.807, 2.05) is 30.3 Å². The van der Waals surface area contributed by atoms with Gasteiger partial charge in [0.1, 0.15) is 0 Å². The first-order valence-electron chi connectivity index (χ1n) is 8.04. The van der Waals surface area contributed by atoms with Crippen molar-refractivity contribution in [2.75, 3.05) is 17.7 Å². The predicted octanol–water partition coefficient (Wildman–Crippen LogP) is 3.68. The summed E-state index contributed by atoms with van der Waals surface area (Å²) >= 11 is 0. The third-order valence-corrected chi connectivity index (χ3v) is 4.54. The second kappa shape index (κ2) is 8.11. The molecule has 0 radical (unpaired) electrons. The summed E-state index contributed by atoms with van der Waals surface area (Å²) in [6, 6.07) is 16.4. The van der Waals surface area contributed by atoms with Crippen LogP contribution < -0.4 is 4.90 Å². The minimum Gasteiger partial charge on any atom is -0.308 e. The van der Waals surface area contributed by atoms with Gasteiger partial charge >= 0.3 is 0 Å². The second-order valence-electron chi connectivity index (χ2n) is 5.91. The Balaban J connectivity index is 2.23. The first-order valence-corrected chi connectivity index (χ1v) is 10.1. The maximum Gasteiger partial charge on any atom is 0.258 e. The second-order valence-corrected chi connectivity index (χ2v) is 8.05. The zero-order chi connectivity index (χ0) is 17.6. The van der Waals surface area contributed by atoms with E-state index >= 15 is 0 Å². The van der Waals surface area contributed by atoms with E-state index in [1.54, 1.807) is 29.2 Å². The molecular formula is C19H23NO3S. The van der Waals surface area contributed by atoms with Crippen LogP contribution in [0.1, 0.15) is 35.7 Å². The number of rotatable bonds is 7. The molecular weight excluding hydrogens is 322 g/mol. The fourth-order valence-electron chi connectivity index (χ4n) is 2.47. The SMILES string of the molecule is CCCCN(C(=O)c1ccc(CS(C)(=O)=O)cc1)c1ccccc1. The number of anilines is 1. The van der Waals surface area contributed by atoms with Crippen molar-refractivity contribution in [1.29, 1.82) is 0 Å². The highest BCUT2D eigenvalue weighted by Crippen LogP contribution is 2.18. The van der Waals surface area contributed by atoms with Gasteiger partial charge < -0.3 is 4.90 Å². The molecule has 0 atom stereocenters. The molecule has 2 aromatic carbocycles. The summed E-state index contributed by atoms with van der Waals surface area (Å²) in [5.74, 6) is -0.0831. The molecule has 0 heterocycles. The Morgan fingerprint density at radius 1 is 1.00 bits per heavy atom. The Kier molecular flexibility index (Phi) is 6.15. The van der Waals surface area contributed by atoms with Gasteiger partial charge in [0.2, 0.25) is 0 Å². The van der Waals surface area contributed by atoms with Gasteiger partial charge in [0, 0.05) is 24.1 Å². The number of amides is 1. The number of hydrogen-bond acceptors (Lipinski definition) is 3. The van der Waals surface area contributed by atoms with E-state index in [4.69, 9.17) is 0 Å². The predicted molar refractivity (Wildman–Crippen MR) is 98.0 cm³/mol. The van der Waals surface area contributed by atoms with E-state index < -0.39 is 9.84 Å². The topological polar surface area (TPSA) is 54.5 Å². The van der Waals surface area contributed by atoms with Crippen LogP contribution >= 0.6 is 0 Å². The van der Waals surface area contributed by atoms with Crippen LogP contribution in [0.15, 0.2) is 54.6 Å². The minimum absolute atomic E-state index is 0.0142. The van der Waals surface area contributed by atoms with Crippen molar-refractivity contribution in [1.82, 2.24) is 0 Å². The van der Waals surface area contributed by atoms with Crippen molar-refractivity contribution in [3.63, 3.8) is 0 Å². The van der Waals surface area contributed by atoms with E-state index in [-0.39, 0.29) is 11.7 Å². The maximum atomic E-state index is 12.9. The van der Waals surface area contributed by atoms with Crippen LogP contribution in [0.25, 0.3) is 0 Å². The van der Waals surface area contributed by atoms with Gasteiger partial charge in [-0.3, -0.25) is 4.79 Å². The molecule has 0 bridgehead atoms. The van der Waals surface area contributed by atoms with Gasteiger partial charge in [0.05, 0.1) is 5.75 Å². The van der Waals surface area contributed by atoms with E-state index in [1.165, 1.54) is 6.26 Å². The summed E-state index contributed by atoms with van der Waals surface area (Å²) < 4.78 is 22.7. The van der Waals surface area contributed by atoms with Crippen LogP contribution in [0.4, 0.5) is 5.69 Å². The highest BCUT2D eigenvalue weighted by Gasteiger charge is 2.17. The fourth-order valence-corrected chi connectivity index (χ4v) is 3.27. The largest absolute Gasteiger partial charge is 0.308 e. The lowest BCUT2D eigenvalue weighted by molar-refractivity contribution is 0.0986. The minimum atomic E-state index is -3.08. The Morgan fingerprint density at radius 2 is 1.62 bits per heavy atom. The van der Waals surface area contributed by atoms with Gasteiger partial charge in [-0.25, -0.2) is 8.42 Å². The maximum absolute atomic E-state index is 12.9. The molecule has 24 heavy (non-hydrogen) atoms. The molecule has 2 rings (SSSR count). The van der Waals surface area contributed by atoms with Crippen molar-refractivity contribution >= 4 is 21.4 Å². The van der Waals surface area contributed by atoms with E-state index in [0.717, 1.165) is 18.5 Å². The number of para-hydroxylation sites is 1. The fraction of sp³-hybridized carbons (Fsp3) is 0.316. The molecule has 4 nitrogen and oxygen atoms in total. The standard InChI is InChI=1S/C19H23NO3S/c1-3-4-14-20(18-8-6-5-7-9-18)19(21)17-12-10-16(11-13-17)15-24(2,22)23/h5-13H,3-4,14-15H2,1-2H3. The van der Waals surface area contributed by atoms with Crippen LogP contribution in [-0.2, 0) is 15.6 Å². The molecule has 1 amide bonds. The van der Waals surface area contributed by atoms with Crippen molar-refractivity contribution < 1.29 is 13.2 Å². The summed E-state index contributed by atoms with van der Waals surface area (Å²) in [7, 11) is -3.08. The van der Waals surface area contributed by atoms with Gasteiger partial charge in [0.15, 0.2) is 9.84 Å². The Hall–Kier alpha value is -2.14. The number of sulfone groups is 1. The molecule has 128 valence electrons. The number of hydrogen-bond donors (Lipinski definition) is 0. The Bertz CT molecular complexity index is 768. The van der Waals surface area contributed by atoms with Crippen molar-refractivity contribution in [2.24, 2.45) is 0 Å². The average molecular weight is 345 g/mol. The molecule has 0 fully saturated rings. The smallest absolute Gasteiger partial charge is 0.258 e. The van der Waals surface area contributed by atoms with Crippen molar-refractivity contribution in [3.05, 3.63) is 65.7 Å². The van der Waals surface area contributed by atoms with Gasteiger partial charge in [0.25, 0.3) is 5.91 Å². The number of carbonyl (C=O) groups excluding carboxylic acids is 1. The molecule has 0 aliphatic heterocycles. The molecule has 0 N–H and O–H groups in total. The average Bonchev–Trinajstić information content (AvgIpc) is 2.55. The number of carbonyl (C=O) groups is 1. The Labute approximate surface area is 144 Å². The van der Waals surface area contributed by atoms with Crippen molar-refractivity contribution in [2.45, 2.75) is 25.5 Å². The van der Waals surface area contributed by atoms with E-state index in [0.29, 0.717) is 17.7 Å². The summed E-state index contributed by atoms with van der Waals surface area (Å²) in [5.41, 5.74) is 2.12. The summed E-state index contributed by atoms with van der Waals surface area (Å²) in [6.45, 7) is 2.75. The van der Waals surface area contributed by atoms with Crippen LogP contribution in [0.5, 0.6) is 0 Å². The van der Waals surface area contributed by atoms with Crippen LogP contribution in [0.3, 0.4) is 0 Å². The molecule has 0 spiro atoms. The molecule has 0 saturated carbocycles. The lowest BCUT2D eigenvalue weighted by atomic mass is 10.1. The van der Waals surface area contributed by atoms with Gasteiger partial charge in [-0.05, 0) is 36.2 Å². The number of nitrogens with zero attached hydrogens (tertiary/aromatic N) is 1. The molecule has 0 aromatic heterocycles. The summed E-state index contributed by atoms with van der Waals surface area (Å²) in [4.78, 5) is 14.6. The first-order chi connectivity index (χ1) is 11.4. The van der Waals surface area contributed by atoms with Gasteiger partial charge in [-0.2, -0.15) is 0 Å².